The Labute approximate surface area is 120 Å². The van der Waals surface area contributed by atoms with Crippen LogP contribution in [0.4, 0.5) is 0 Å². The first-order valence-electron chi connectivity index (χ1n) is 6.33. The summed E-state index contributed by atoms with van der Waals surface area (Å²) >= 11 is 0. The van der Waals surface area contributed by atoms with Crippen LogP contribution < -0.4 is 0 Å². The summed E-state index contributed by atoms with van der Waals surface area (Å²) < 4.78 is 28.0. The molecule has 0 bridgehead atoms. The molecule has 1 aromatic heterocycles. The van der Waals surface area contributed by atoms with Gasteiger partial charge >= 0.3 is 5.97 Å². The molecule has 2 aromatic rings. The highest BCUT2D eigenvalue weighted by atomic mass is 32.2. The van der Waals surface area contributed by atoms with Crippen molar-refractivity contribution in [2.24, 2.45) is 0 Å². The zero-order valence-corrected chi connectivity index (χ0v) is 11.7. The van der Waals surface area contributed by atoms with Crippen molar-refractivity contribution in [3.05, 3.63) is 35.7 Å². The Morgan fingerprint density at radius 1 is 1.33 bits per heavy atom. The van der Waals surface area contributed by atoms with Crippen molar-refractivity contribution < 1.29 is 22.8 Å². The van der Waals surface area contributed by atoms with Gasteiger partial charge in [0.25, 0.3) is 5.89 Å². The van der Waals surface area contributed by atoms with Gasteiger partial charge in [-0.1, -0.05) is 17.3 Å². The van der Waals surface area contributed by atoms with E-state index in [4.69, 9.17) is 9.63 Å². The lowest BCUT2D eigenvalue weighted by Crippen LogP contribution is -2.05. The van der Waals surface area contributed by atoms with Crippen LogP contribution in [0.15, 0.2) is 28.8 Å². The fraction of sp³-hybridized carbons (Fsp3) is 0.308. The summed E-state index contributed by atoms with van der Waals surface area (Å²) in [4.78, 5) is 15.3. The van der Waals surface area contributed by atoms with Crippen molar-refractivity contribution >= 4 is 15.8 Å². The van der Waals surface area contributed by atoms with E-state index < -0.39 is 15.8 Å². The van der Waals surface area contributed by atoms with E-state index in [1.54, 1.807) is 18.2 Å². The van der Waals surface area contributed by atoms with E-state index in [-0.39, 0.29) is 28.9 Å². The maximum atomic E-state index is 11.5. The molecule has 1 atom stereocenters. The highest BCUT2D eigenvalue weighted by Gasteiger charge is 2.32. The number of aromatic carboxylic acids is 1. The number of nitrogens with zero attached hydrogens (tertiary/aromatic N) is 2. The molecule has 1 unspecified atom stereocenters. The molecule has 1 aliphatic heterocycles. The van der Waals surface area contributed by atoms with E-state index in [0.717, 1.165) is 0 Å². The molecule has 21 heavy (non-hydrogen) atoms. The van der Waals surface area contributed by atoms with E-state index in [9.17, 15) is 13.2 Å². The summed E-state index contributed by atoms with van der Waals surface area (Å²) in [6.45, 7) is 0. The van der Waals surface area contributed by atoms with Crippen molar-refractivity contribution in [3.8, 4) is 11.5 Å². The number of rotatable bonds is 3. The van der Waals surface area contributed by atoms with Crippen molar-refractivity contribution in [1.29, 1.82) is 0 Å². The highest BCUT2D eigenvalue weighted by Crippen LogP contribution is 2.29. The summed E-state index contributed by atoms with van der Waals surface area (Å²) in [5.74, 6) is -0.850. The molecule has 7 nitrogen and oxygen atoms in total. The molecule has 110 valence electrons. The van der Waals surface area contributed by atoms with E-state index in [1.807, 2.05) is 0 Å². The molecule has 1 N–H and O–H groups in total. The van der Waals surface area contributed by atoms with Crippen molar-refractivity contribution in [1.82, 2.24) is 10.1 Å². The Morgan fingerprint density at radius 2 is 2.10 bits per heavy atom. The Kier molecular flexibility index (Phi) is 3.25. The average molecular weight is 308 g/mol. The molecule has 1 aromatic carbocycles. The molecule has 0 radical (unpaired) electrons. The van der Waals surface area contributed by atoms with Gasteiger partial charge in [0.1, 0.15) is 0 Å². The van der Waals surface area contributed by atoms with Crippen molar-refractivity contribution in [2.75, 3.05) is 11.5 Å². The first-order valence-corrected chi connectivity index (χ1v) is 8.15. The standard InChI is InChI=1S/C13H12N2O5S/c16-13(17)10-4-2-1-3-9(10)12-14-11(15-20-12)8-5-6-21(18,19)7-8/h1-4,8H,5-7H2,(H,16,17). The number of aromatic nitrogens is 2. The minimum absolute atomic E-state index is 0.00650. The Hall–Kier alpha value is -2.22. The molecule has 0 aliphatic carbocycles. The summed E-state index contributed by atoms with van der Waals surface area (Å²) in [7, 11) is -3.04. The number of benzene rings is 1. The van der Waals surface area contributed by atoms with Crippen molar-refractivity contribution in [3.63, 3.8) is 0 Å². The van der Waals surface area contributed by atoms with Crippen LogP contribution in [-0.2, 0) is 9.84 Å². The summed E-state index contributed by atoms with van der Waals surface area (Å²) in [6.07, 6.45) is 0.460. The van der Waals surface area contributed by atoms with Crippen LogP contribution in [0.2, 0.25) is 0 Å². The Bertz CT molecular complexity index is 796. The monoisotopic (exact) mass is 308 g/mol. The van der Waals surface area contributed by atoms with Crippen molar-refractivity contribution in [2.45, 2.75) is 12.3 Å². The predicted octanol–water partition coefficient (Wildman–Crippen LogP) is 1.34. The van der Waals surface area contributed by atoms with Crippen LogP contribution >= 0.6 is 0 Å². The van der Waals surface area contributed by atoms with E-state index >= 15 is 0 Å². The predicted molar refractivity (Wildman–Crippen MR) is 72.7 cm³/mol. The summed E-state index contributed by atoms with van der Waals surface area (Å²) in [6, 6.07) is 6.30. The van der Waals surface area contributed by atoms with Crippen LogP contribution in [0, 0.1) is 0 Å². The third-order valence-electron chi connectivity index (χ3n) is 3.43. The second kappa shape index (κ2) is 4.96. The third kappa shape index (κ3) is 2.66. The molecule has 0 spiro atoms. The van der Waals surface area contributed by atoms with E-state index in [1.165, 1.54) is 6.07 Å². The minimum Gasteiger partial charge on any atom is -0.478 e. The van der Waals surface area contributed by atoms with Crippen LogP contribution in [0.3, 0.4) is 0 Å². The molecule has 1 aliphatic rings. The number of carboxylic acid groups (broad SMARTS) is 1. The molecule has 0 amide bonds. The van der Waals surface area contributed by atoms with Gasteiger partial charge in [-0.05, 0) is 18.6 Å². The normalized spacial score (nSPS) is 20.5. The number of hydrogen-bond acceptors (Lipinski definition) is 6. The Balaban J connectivity index is 1.95. The lowest BCUT2D eigenvalue weighted by molar-refractivity contribution is 0.0697. The molecular formula is C13H12N2O5S. The van der Waals surface area contributed by atoms with Crippen LogP contribution in [0.25, 0.3) is 11.5 Å². The second-order valence-electron chi connectivity index (χ2n) is 4.91. The highest BCUT2D eigenvalue weighted by molar-refractivity contribution is 7.91. The molecular weight excluding hydrogens is 296 g/mol. The van der Waals surface area contributed by atoms with Gasteiger partial charge in [-0.25, -0.2) is 13.2 Å². The molecule has 0 saturated carbocycles. The molecule has 2 heterocycles. The SMILES string of the molecule is O=C(O)c1ccccc1-c1nc(C2CCS(=O)(=O)C2)no1. The zero-order valence-electron chi connectivity index (χ0n) is 10.9. The number of hydrogen-bond donors (Lipinski definition) is 1. The topological polar surface area (TPSA) is 110 Å². The van der Waals surface area contributed by atoms with Crippen LogP contribution in [-0.4, -0.2) is 41.1 Å². The first-order chi connectivity index (χ1) is 9.96. The molecule has 8 heteroatoms. The second-order valence-corrected chi connectivity index (χ2v) is 7.14. The smallest absolute Gasteiger partial charge is 0.336 e. The number of carboxylic acids is 1. The fourth-order valence-electron chi connectivity index (χ4n) is 2.36. The van der Waals surface area contributed by atoms with Gasteiger partial charge in [0.05, 0.1) is 22.6 Å². The summed E-state index contributed by atoms with van der Waals surface area (Å²) in [5, 5.41) is 12.9. The fourth-order valence-corrected chi connectivity index (χ4v) is 4.10. The average Bonchev–Trinajstić information content (AvgIpc) is 3.05. The lowest BCUT2D eigenvalue weighted by Gasteiger charge is -2.00. The van der Waals surface area contributed by atoms with Gasteiger partial charge in [0, 0.05) is 5.92 Å². The minimum atomic E-state index is -3.04. The Morgan fingerprint density at radius 3 is 2.76 bits per heavy atom. The van der Waals surface area contributed by atoms with Crippen LogP contribution in [0.1, 0.15) is 28.5 Å². The molecule has 1 saturated heterocycles. The van der Waals surface area contributed by atoms with Gasteiger partial charge in [-0.2, -0.15) is 4.98 Å². The number of sulfone groups is 1. The van der Waals surface area contributed by atoms with Gasteiger partial charge in [-0.15, -0.1) is 0 Å². The molecule has 3 rings (SSSR count). The molecule has 1 fully saturated rings. The third-order valence-corrected chi connectivity index (χ3v) is 5.20. The summed E-state index contributed by atoms with van der Waals surface area (Å²) in [5.41, 5.74) is 0.386. The van der Waals surface area contributed by atoms with Gasteiger partial charge in [-0.3, -0.25) is 0 Å². The largest absolute Gasteiger partial charge is 0.478 e. The maximum Gasteiger partial charge on any atom is 0.336 e. The van der Waals surface area contributed by atoms with E-state index in [2.05, 4.69) is 10.1 Å². The van der Waals surface area contributed by atoms with Gasteiger partial charge in [0.2, 0.25) is 0 Å². The zero-order chi connectivity index (χ0) is 15.0. The number of carbonyl (C=O) groups is 1. The van der Waals surface area contributed by atoms with Crippen LogP contribution in [0.5, 0.6) is 0 Å². The maximum absolute atomic E-state index is 11.5. The first kappa shape index (κ1) is 13.7. The van der Waals surface area contributed by atoms with Gasteiger partial charge < -0.3 is 9.63 Å². The lowest BCUT2D eigenvalue weighted by atomic mass is 10.1. The van der Waals surface area contributed by atoms with Gasteiger partial charge in [0.15, 0.2) is 15.7 Å². The van der Waals surface area contributed by atoms with E-state index in [0.29, 0.717) is 17.8 Å². The quantitative estimate of drug-likeness (QED) is 0.910.